The van der Waals surface area contributed by atoms with Crippen LogP contribution in [0, 0.1) is 0 Å². The van der Waals surface area contributed by atoms with Crippen LogP contribution in [0.15, 0.2) is 126 Å². The van der Waals surface area contributed by atoms with Crippen molar-refractivity contribution in [3.05, 3.63) is 132 Å². The van der Waals surface area contributed by atoms with Crippen LogP contribution in [0.1, 0.15) is 39.5 Å². The van der Waals surface area contributed by atoms with Crippen molar-refractivity contribution in [1.29, 1.82) is 0 Å². The average molecular weight is 1640 g/mol. The van der Waals surface area contributed by atoms with Gasteiger partial charge in [0.15, 0.2) is 0 Å². The van der Waals surface area contributed by atoms with Crippen molar-refractivity contribution in [2.75, 3.05) is 285 Å². The molecule has 0 heterocycles. The Morgan fingerprint density at radius 1 is 0.278 bits per heavy atom. The van der Waals surface area contributed by atoms with Crippen LogP contribution in [-0.2, 0) is 80.6 Å². The molecule has 5 rings (SSSR count). The van der Waals surface area contributed by atoms with Crippen molar-refractivity contribution in [3.8, 4) is 57.5 Å². The van der Waals surface area contributed by atoms with E-state index in [4.69, 9.17) is 146 Å². The second kappa shape index (κ2) is 82.2. The van der Waals surface area contributed by atoms with Crippen LogP contribution in [0.5, 0.6) is 57.5 Å². The number of aliphatic carboxylic acids is 2. The molecule has 6 N–H and O–H groups in total. The molecule has 0 radical (unpaired) electrons. The third kappa shape index (κ3) is 70.8. The number of azide groups is 1. The Kier molecular flexibility index (Phi) is 74.8. The van der Waals surface area contributed by atoms with E-state index < -0.39 is 11.9 Å². The van der Waals surface area contributed by atoms with Crippen molar-refractivity contribution < 1.29 is 138 Å². The summed E-state index contributed by atoms with van der Waals surface area (Å²) in [5.41, 5.74) is 18.7. The highest BCUT2D eigenvalue weighted by Gasteiger charge is 2.06. The maximum Gasteiger partial charge on any atom is 0.329 e. The number of ether oxygens (including phenoxy) is 25. The van der Waals surface area contributed by atoms with Crippen molar-refractivity contribution in [1.82, 2.24) is 0 Å². The van der Waals surface area contributed by atoms with Gasteiger partial charge in [0.2, 0.25) is 0 Å². The molecule has 0 aliphatic carbocycles. The van der Waals surface area contributed by atoms with Crippen molar-refractivity contribution in [2.45, 2.75) is 39.5 Å². The number of methoxy groups -OCH3 is 3. The molecule has 0 aromatic heterocycles. The zero-order chi connectivity index (χ0) is 83.3. The zero-order valence-electron chi connectivity index (χ0n) is 68.1. The van der Waals surface area contributed by atoms with E-state index in [0.717, 1.165) is 90.6 Å². The number of carbonyl (C=O) groups is 2. The lowest BCUT2D eigenvalue weighted by atomic mass is 10.3. The van der Waals surface area contributed by atoms with Crippen LogP contribution in [-0.4, -0.2) is 308 Å². The van der Waals surface area contributed by atoms with Gasteiger partial charge in [0, 0.05) is 59.1 Å². The maximum atomic E-state index is 10.2. The SMILES string of the molecule is CCCCOCCOc1ccc(OCCOCCOC)cc1.CCCCOCCOc1ccc(OCCOCCOCC(=O)O)cc1.COCCOCCOc1ccc(OCCOCCN)cc1.COCCOCCOc1ccc(OCCOCCN=[N+]=[N-])cc1.NCCOCCOc1ccc(OCCOCCOCC(=O)O)cc1. The largest absolute Gasteiger partial charge is 0.491 e. The van der Waals surface area contributed by atoms with Crippen LogP contribution >= 0.6 is 0 Å². The number of carboxylic acids is 2. The predicted octanol–water partition coefficient (Wildman–Crippen LogP) is 9.36. The fourth-order valence-electron chi connectivity index (χ4n) is 8.16. The van der Waals surface area contributed by atoms with Crippen molar-refractivity contribution in [2.24, 2.45) is 16.6 Å². The molecule has 652 valence electrons. The Bertz CT molecular complexity index is 2920. The standard InChI is InChI=1S/C18H28O7.C17H28O5.C16H25NO7.C15H23N3O5.C15H25NO5/c1-2-3-8-21-11-13-24-16-4-6-17(7-5-16)25-14-12-22-9-10-23-15-18(19)20;1-3-4-9-19-12-14-21-16-5-7-17(8-6-16)22-15-13-20-11-10-18-2;17-5-6-20-9-11-23-14-1-3-15(4-2-14)24-12-10-21-7-8-22-13-16(18)19;1-19-8-9-21-11-13-23-15-4-2-14(3-5-15)22-12-10-20-7-6-17-18-16;1-17-8-9-19-11-13-21-15-4-2-14(3-5-15)20-12-10-18-7-6-16/h4-7H,2-3,8-15H2,1H3,(H,19,20);5-8H,3-4,9-15H2,1-2H3;1-4H,5-13,17H2,(H,18,19);2-5H,6-13H2,1H3;2-5H,6-13,16H2,1H3. The highest BCUT2D eigenvalue weighted by molar-refractivity contribution is 5.68. The lowest BCUT2D eigenvalue weighted by Crippen LogP contribution is -2.14. The summed E-state index contributed by atoms with van der Waals surface area (Å²) >= 11 is 0. The minimum absolute atomic E-state index is 0.243. The van der Waals surface area contributed by atoms with Crippen LogP contribution in [0.3, 0.4) is 0 Å². The molecule has 0 spiro atoms. The quantitative estimate of drug-likeness (QED) is 0.0122. The van der Waals surface area contributed by atoms with E-state index in [1.54, 1.807) is 21.3 Å². The number of nitrogens with two attached hydrogens (primary N) is 2. The molecular weight excluding hydrogens is 1510 g/mol. The molecule has 0 fully saturated rings. The summed E-state index contributed by atoms with van der Waals surface area (Å²) in [6.45, 7) is 22.7. The van der Waals surface area contributed by atoms with Gasteiger partial charge < -0.3 is 140 Å². The Morgan fingerprint density at radius 2 is 0.452 bits per heavy atom. The molecular formula is C81H129N5O29. The lowest BCUT2D eigenvalue weighted by Gasteiger charge is -2.09. The van der Waals surface area contributed by atoms with Gasteiger partial charge in [-0.25, -0.2) is 9.59 Å². The molecule has 0 unspecified atom stereocenters. The highest BCUT2D eigenvalue weighted by atomic mass is 16.6. The van der Waals surface area contributed by atoms with Gasteiger partial charge in [0.05, 0.1) is 152 Å². The Morgan fingerprint density at radius 3 is 0.635 bits per heavy atom. The summed E-state index contributed by atoms with van der Waals surface area (Å²) in [4.78, 5) is 23.1. The third-order valence-electron chi connectivity index (χ3n) is 13.8. The topological polar surface area (TPSA) is 406 Å². The molecule has 0 atom stereocenters. The van der Waals surface area contributed by atoms with E-state index in [0.29, 0.717) is 230 Å². The Balaban J connectivity index is 0.000000720. The van der Waals surface area contributed by atoms with Gasteiger partial charge in [-0.3, -0.25) is 0 Å². The molecule has 0 amide bonds. The van der Waals surface area contributed by atoms with Gasteiger partial charge in [-0.1, -0.05) is 31.8 Å². The fraction of sp³-hybridized carbons (Fsp3) is 0.605. The van der Waals surface area contributed by atoms with Crippen molar-refractivity contribution >= 4 is 11.9 Å². The molecule has 115 heavy (non-hydrogen) atoms. The first-order valence-corrected chi connectivity index (χ1v) is 38.6. The van der Waals surface area contributed by atoms with Gasteiger partial charge >= 0.3 is 11.9 Å². The number of unbranched alkanes of at least 4 members (excludes halogenated alkanes) is 2. The average Bonchev–Trinajstić information content (AvgIpc) is 0.943. The number of carboxylic acid groups (broad SMARTS) is 2. The van der Waals surface area contributed by atoms with Crippen LogP contribution < -0.4 is 58.8 Å². The first-order valence-electron chi connectivity index (χ1n) is 38.6. The van der Waals surface area contributed by atoms with E-state index in [1.165, 1.54) is 0 Å². The maximum absolute atomic E-state index is 10.2. The number of rotatable bonds is 72. The summed E-state index contributed by atoms with van der Waals surface area (Å²) in [5, 5.41) is 20.1. The van der Waals surface area contributed by atoms with Crippen LogP contribution in [0.2, 0.25) is 0 Å². The van der Waals surface area contributed by atoms with Gasteiger partial charge in [-0.2, -0.15) is 0 Å². The second-order valence-corrected chi connectivity index (χ2v) is 23.1. The Labute approximate surface area is 678 Å². The number of benzene rings is 5. The fourth-order valence-corrected chi connectivity index (χ4v) is 8.16. The van der Waals surface area contributed by atoms with Gasteiger partial charge in [0.25, 0.3) is 0 Å². The first-order chi connectivity index (χ1) is 56.5. The van der Waals surface area contributed by atoms with E-state index >= 15 is 0 Å². The molecule has 5 aromatic carbocycles. The second-order valence-electron chi connectivity index (χ2n) is 23.1. The zero-order valence-corrected chi connectivity index (χ0v) is 68.1. The summed E-state index contributed by atoms with van der Waals surface area (Å²) in [5.74, 6) is 5.70. The molecule has 34 heteroatoms. The minimum Gasteiger partial charge on any atom is -0.491 e. The molecule has 5 aromatic rings. The molecule has 0 aliphatic rings. The third-order valence-corrected chi connectivity index (χ3v) is 13.8. The molecule has 0 saturated heterocycles. The molecule has 0 aliphatic heterocycles. The summed E-state index contributed by atoms with van der Waals surface area (Å²) in [7, 11) is 4.94. The van der Waals surface area contributed by atoms with E-state index in [2.05, 4.69) is 23.9 Å². The van der Waals surface area contributed by atoms with Gasteiger partial charge in [-0.15, -0.1) is 0 Å². The monoisotopic (exact) mass is 1640 g/mol. The smallest absolute Gasteiger partial charge is 0.329 e. The minimum atomic E-state index is -0.992. The first kappa shape index (κ1) is 105. The van der Waals surface area contributed by atoms with E-state index in [-0.39, 0.29) is 26.4 Å². The van der Waals surface area contributed by atoms with E-state index in [9.17, 15) is 9.59 Å². The van der Waals surface area contributed by atoms with Crippen molar-refractivity contribution in [3.63, 3.8) is 0 Å². The molecule has 0 bridgehead atoms. The van der Waals surface area contributed by atoms with E-state index in [1.807, 2.05) is 121 Å². The van der Waals surface area contributed by atoms with Crippen LogP contribution in [0.25, 0.3) is 10.4 Å². The van der Waals surface area contributed by atoms with Gasteiger partial charge in [0.1, 0.15) is 137 Å². The lowest BCUT2D eigenvalue weighted by molar-refractivity contribution is -0.143. The highest BCUT2D eigenvalue weighted by Crippen LogP contribution is 2.22. The van der Waals surface area contributed by atoms with Crippen LogP contribution in [0.4, 0.5) is 0 Å². The summed E-state index contributed by atoms with van der Waals surface area (Å²) in [6.07, 6.45) is 4.46. The molecule has 34 nitrogen and oxygen atoms in total. The number of nitrogens with zero attached hydrogens (tertiary/aromatic N) is 3. The van der Waals surface area contributed by atoms with Gasteiger partial charge in [-0.05, 0) is 140 Å². The normalized spacial score (nSPS) is 10.5. The molecule has 0 saturated carbocycles. The number of hydrogen-bond donors (Lipinski definition) is 4. The predicted molar refractivity (Wildman–Crippen MR) is 430 cm³/mol. The summed E-state index contributed by atoms with van der Waals surface area (Å²) in [6, 6.07) is 37.0. The number of hydrogen-bond acceptors (Lipinski definition) is 30. The Hall–Kier alpha value is -8.33. The summed E-state index contributed by atoms with van der Waals surface area (Å²) < 4.78 is 133.